The Labute approximate surface area is 128 Å². The number of aromatic nitrogens is 1. The number of nitrogens with two attached hydrogens (primary N) is 1. The molecule has 8 heteroatoms. The van der Waals surface area contributed by atoms with Gasteiger partial charge in [0.15, 0.2) is 5.13 Å². The van der Waals surface area contributed by atoms with Crippen molar-refractivity contribution in [1.29, 1.82) is 0 Å². The number of ether oxygens (including phenoxy) is 1. The molecule has 2 aromatic rings. The number of aryl methyl sites for hydroxylation is 2. The zero-order chi connectivity index (χ0) is 15.6. The first-order valence-electron chi connectivity index (χ1n) is 6.30. The highest BCUT2D eigenvalue weighted by molar-refractivity contribution is 7.93. The minimum atomic E-state index is -3.76. The van der Waals surface area contributed by atoms with Crippen molar-refractivity contribution in [3.8, 4) is 5.75 Å². The van der Waals surface area contributed by atoms with Crippen LogP contribution in [-0.2, 0) is 16.4 Å². The third-order valence-electron chi connectivity index (χ3n) is 2.96. The van der Waals surface area contributed by atoms with Gasteiger partial charge >= 0.3 is 0 Å². The van der Waals surface area contributed by atoms with E-state index in [0.717, 1.165) is 17.0 Å². The van der Waals surface area contributed by atoms with Crippen LogP contribution >= 0.6 is 11.3 Å². The molecule has 0 aliphatic rings. The van der Waals surface area contributed by atoms with Gasteiger partial charge in [0, 0.05) is 10.9 Å². The SMILES string of the molecule is CCc1nc(NS(=O)(=O)c2ccc(OC)cc2N)sc1C. The molecule has 1 heterocycles. The summed E-state index contributed by atoms with van der Waals surface area (Å²) in [5.41, 5.74) is 6.80. The molecule has 0 amide bonds. The number of methoxy groups -OCH3 is 1. The van der Waals surface area contributed by atoms with Crippen LogP contribution in [0.4, 0.5) is 10.8 Å². The second-order valence-corrected chi connectivity index (χ2v) is 7.24. The molecule has 2 rings (SSSR count). The molecule has 21 heavy (non-hydrogen) atoms. The highest BCUT2D eigenvalue weighted by atomic mass is 32.2. The van der Waals surface area contributed by atoms with Crippen LogP contribution in [0.15, 0.2) is 23.1 Å². The van der Waals surface area contributed by atoms with Crippen LogP contribution in [0.25, 0.3) is 0 Å². The second-order valence-electron chi connectivity index (χ2n) is 4.38. The van der Waals surface area contributed by atoms with Crippen LogP contribution in [0.1, 0.15) is 17.5 Å². The summed E-state index contributed by atoms with van der Waals surface area (Å²) in [5, 5.41) is 0.347. The Morgan fingerprint density at radius 3 is 2.67 bits per heavy atom. The number of sulfonamides is 1. The third-order valence-corrected chi connectivity index (χ3v) is 5.43. The van der Waals surface area contributed by atoms with E-state index < -0.39 is 10.0 Å². The van der Waals surface area contributed by atoms with Gasteiger partial charge in [-0.2, -0.15) is 0 Å². The van der Waals surface area contributed by atoms with Gasteiger partial charge in [0.25, 0.3) is 10.0 Å². The molecule has 1 aromatic carbocycles. The number of hydrogen-bond acceptors (Lipinski definition) is 6. The largest absolute Gasteiger partial charge is 0.497 e. The first-order chi connectivity index (χ1) is 9.87. The van der Waals surface area contributed by atoms with Gasteiger partial charge in [-0.25, -0.2) is 13.4 Å². The fourth-order valence-electron chi connectivity index (χ4n) is 1.87. The number of thiazole rings is 1. The summed E-state index contributed by atoms with van der Waals surface area (Å²) in [6.07, 6.45) is 0.759. The van der Waals surface area contributed by atoms with E-state index in [4.69, 9.17) is 10.5 Å². The zero-order valence-electron chi connectivity index (χ0n) is 12.0. The van der Waals surface area contributed by atoms with Crippen molar-refractivity contribution >= 4 is 32.2 Å². The summed E-state index contributed by atoms with van der Waals surface area (Å²) in [7, 11) is -2.27. The molecular weight excluding hydrogens is 310 g/mol. The monoisotopic (exact) mass is 327 g/mol. The predicted molar refractivity (Wildman–Crippen MR) is 84.4 cm³/mol. The minimum absolute atomic E-state index is 0.00852. The van der Waals surface area contributed by atoms with Crippen molar-refractivity contribution in [2.75, 3.05) is 17.6 Å². The normalized spacial score (nSPS) is 11.4. The van der Waals surface area contributed by atoms with E-state index in [0.29, 0.717) is 10.9 Å². The van der Waals surface area contributed by atoms with Crippen molar-refractivity contribution in [2.24, 2.45) is 0 Å². The van der Waals surface area contributed by atoms with Crippen LogP contribution in [0.5, 0.6) is 5.75 Å². The maximum absolute atomic E-state index is 12.4. The Hall–Kier alpha value is -1.80. The average Bonchev–Trinajstić information content (AvgIpc) is 2.77. The predicted octanol–water partition coefficient (Wildman–Crippen LogP) is 2.41. The fraction of sp³-hybridized carbons (Fsp3) is 0.308. The highest BCUT2D eigenvalue weighted by Gasteiger charge is 2.20. The maximum atomic E-state index is 12.4. The van der Waals surface area contributed by atoms with Crippen LogP contribution in [-0.4, -0.2) is 20.5 Å². The van der Waals surface area contributed by atoms with Crippen LogP contribution in [0.2, 0.25) is 0 Å². The summed E-state index contributed by atoms with van der Waals surface area (Å²) >= 11 is 1.31. The van der Waals surface area contributed by atoms with Gasteiger partial charge in [-0.1, -0.05) is 6.92 Å². The lowest BCUT2D eigenvalue weighted by Gasteiger charge is -2.09. The molecule has 0 radical (unpaired) electrons. The average molecular weight is 327 g/mol. The molecule has 114 valence electrons. The Balaban J connectivity index is 2.33. The number of anilines is 2. The number of nitrogens with one attached hydrogen (secondary N) is 1. The lowest BCUT2D eigenvalue weighted by Crippen LogP contribution is -2.14. The molecule has 0 aliphatic heterocycles. The van der Waals surface area contributed by atoms with E-state index in [2.05, 4.69) is 9.71 Å². The Morgan fingerprint density at radius 2 is 2.14 bits per heavy atom. The van der Waals surface area contributed by atoms with Gasteiger partial charge in [-0.05, 0) is 25.5 Å². The molecule has 0 saturated heterocycles. The molecule has 0 atom stereocenters. The van der Waals surface area contributed by atoms with E-state index >= 15 is 0 Å². The lowest BCUT2D eigenvalue weighted by molar-refractivity contribution is 0.414. The Kier molecular flexibility index (Phi) is 4.38. The summed E-state index contributed by atoms with van der Waals surface area (Å²) in [6, 6.07) is 4.44. The highest BCUT2D eigenvalue weighted by Crippen LogP contribution is 2.28. The number of benzene rings is 1. The molecule has 1 aromatic heterocycles. The van der Waals surface area contributed by atoms with Crippen molar-refractivity contribution in [1.82, 2.24) is 4.98 Å². The van der Waals surface area contributed by atoms with Gasteiger partial charge < -0.3 is 10.5 Å². The molecule has 0 unspecified atom stereocenters. The van der Waals surface area contributed by atoms with Gasteiger partial charge in [-0.15, -0.1) is 11.3 Å². The van der Waals surface area contributed by atoms with Crippen molar-refractivity contribution in [3.05, 3.63) is 28.8 Å². The van der Waals surface area contributed by atoms with Crippen LogP contribution in [0.3, 0.4) is 0 Å². The number of hydrogen-bond donors (Lipinski definition) is 2. The number of rotatable bonds is 5. The maximum Gasteiger partial charge on any atom is 0.265 e. The summed E-state index contributed by atoms with van der Waals surface area (Å²) in [6.45, 7) is 3.89. The molecule has 3 N–H and O–H groups in total. The van der Waals surface area contributed by atoms with E-state index in [1.165, 1.54) is 30.6 Å². The summed E-state index contributed by atoms with van der Waals surface area (Å²) in [4.78, 5) is 5.27. The van der Waals surface area contributed by atoms with Crippen LogP contribution in [0, 0.1) is 6.92 Å². The lowest BCUT2D eigenvalue weighted by atomic mass is 10.3. The van der Waals surface area contributed by atoms with Gasteiger partial charge in [0.05, 0.1) is 18.5 Å². The van der Waals surface area contributed by atoms with Crippen molar-refractivity contribution in [2.45, 2.75) is 25.2 Å². The second kappa shape index (κ2) is 5.90. The van der Waals surface area contributed by atoms with E-state index in [1.807, 2.05) is 13.8 Å². The third kappa shape index (κ3) is 3.27. The van der Waals surface area contributed by atoms with Crippen molar-refractivity contribution < 1.29 is 13.2 Å². The molecular formula is C13H17N3O3S2. The van der Waals surface area contributed by atoms with Gasteiger partial charge in [0.2, 0.25) is 0 Å². The summed E-state index contributed by atoms with van der Waals surface area (Å²) in [5.74, 6) is 0.504. The summed E-state index contributed by atoms with van der Waals surface area (Å²) < 4.78 is 32.2. The van der Waals surface area contributed by atoms with Crippen molar-refractivity contribution in [3.63, 3.8) is 0 Å². The van der Waals surface area contributed by atoms with E-state index in [9.17, 15) is 8.42 Å². The smallest absolute Gasteiger partial charge is 0.265 e. The first kappa shape index (κ1) is 15.6. The number of nitrogen functional groups attached to an aromatic ring is 1. The van der Waals surface area contributed by atoms with Gasteiger partial charge in [-0.3, -0.25) is 4.72 Å². The van der Waals surface area contributed by atoms with Gasteiger partial charge in [0.1, 0.15) is 10.6 Å². The molecule has 0 fully saturated rings. The number of nitrogens with zero attached hydrogens (tertiary/aromatic N) is 1. The van der Waals surface area contributed by atoms with E-state index in [1.54, 1.807) is 6.07 Å². The molecule has 6 nitrogen and oxygen atoms in total. The molecule has 0 aliphatic carbocycles. The Bertz CT molecular complexity index is 754. The van der Waals surface area contributed by atoms with E-state index in [-0.39, 0.29) is 10.6 Å². The standard InChI is InChI=1S/C13H17N3O3S2/c1-4-11-8(2)20-13(15-11)16-21(17,18)12-6-5-9(19-3)7-10(12)14/h5-7H,4,14H2,1-3H3,(H,15,16). The zero-order valence-corrected chi connectivity index (χ0v) is 13.6. The minimum Gasteiger partial charge on any atom is -0.497 e. The molecule has 0 spiro atoms. The quantitative estimate of drug-likeness (QED) is 0.822. The molecule has 0 bridgehead atoms. The first-order valence-corrected chi connectivity index (χ1v) is 8.60. The Morgan fingerprint density at radius 1 is 1.43 bits per heavy atom. The fourth-order valence-corrected chi connectivity index (χ4v) is 4.12. The van der Waals surface area contributed by atoms with Crippen LogP contribution < -0.4 is 15.2 Å². The topological polar surface area (TPSA) is 94.3 Å². The molecule has 0 saturated carbocycles.